The molecule has 0 aliphatic carbocycles. The third-order valence-corrected chi connectivity index (χ3v) is 3.50. The molecule has 25 heavy (non-hydrogen) atoms. The van der Waals surface area contributed by atoms with E-state index in [0.29, 0.717) is 12.2 Å². The molecule has 0 unspecified atom stereocenters. The van der Waals surface area contributed by atoms with Gasteiger partial charge in [-0.2, -0.15) is 13.2 Å². The molecule has 0 aliphatic rings. The van der Waals surface area contributed by atoms with Gasteiger partial charge >= 0.3 is 6.18 Å². The van der Waals surface area contributed by atoms with E-state index in [1.54, 1.807) is 6.92 Å². The number of aryl methyl sites for hydroxylation is 1. The molecule has 0 fully saturated rings. The van der Waals surface area contributed by atoms with E-state index in [2.05, 4.69) is 10.6 Å². The molecular weight excluding hydrogens is 329 g/mol. The molecule has 132 valence electrons. The Hall–Kier alpha value is -2.76. The van der Waals surface area contributed by atoms with Gasteiger partial charge in [-0.05, 0) is 37.6 Å². The summed E-state index contributed by atoms with van der Waals surface area (Å²) in [6.45, 7) is 4.28. The van der Waals surface area contributed by atoms with Crippen LogP contribution in [0.2, 0.25) is 0 Å². The van der Waals surface area contributed by atoms with E-state index >= 15 is 0 Å². The first-order valence-corrected chi connectivity index (χ1v) is 7.70. The summed E-state index contributed by atoms with van der Waals surface area (Å²) < 4.78 is 38.0. The second-order valence-corrected chi connectivity index (χ2v) is 5.73. The van der Waals surface area contributed by atoms with Crippen LogP contribution < -0.4 is 10.6 Å². The average molecular weight is 348 g/mol. The molecule has 0 saturated heterocycles. The van der Waals surface area contributed by atoms with Gasteiger partial charge in [-0.3, -0.25) is 4.79 Å². The minimum Gasteiger partial charge on any atom is -0.384 e. The third kappa shape index (κ3) is 5.99. The summed E-state index contributed by atoms with van der Waals surface area (Å²) in [6.07, 6.45) is -3.13. The van der Waals surface area contributed by atoms with Crippen LogP contribution >= 0.6 is 0 Å². The van der Waals surface area contributed by atoms with Gasteiger partial charge in [0.05, 0.1) is 5.56 Å². The Labute approximate surface area is 144 Å². The number of allylic oxidation sites excluding steroid dienone is 1. The number of carbonyl (C=O) groups is 1. The number of carbonyl (C=O) groups excluding carboxylic acids is 1. The standard InChI is InChI=1S/C19H19F3N2O/c1-13-6-8-15(9-7-13)12-23-14(2)10-18(25)24-17-5-3-4-16(11-17)19(20,21)22/h3-11,23H,12H2,1-2H3,(H,24,25)/b14-10-. The highest BCUT2D eigenvalue weighted by molar-refractivity contribution is 5.99. The molecule has 0 spiro atoms. The van der Waals surface area contributed by atoms with Crippen LogP contribution in [0.3, 0.4) is 0 Å². The summed E-state index contributed by atoms with van der Waals surface area (Å²) in [7, 11) is 0. The highest BCUT2D eigenvalue weighted by atomic mass is 19.4. The summed E-state index contributed by atoms with van der Waals surface area (Å²) in [6, 6.07) is 12.5. The highest BCUT2D eigenvalue weighted by Gasteiger charge is 2.30. The normalized spacial score (nSPS) is 12.0. The first-order valence-electron chi connectivity index (χ1n) is 7.70. The Bertz CT molecular complexity index is 765. The van der Waals surface area contributed by atoms with Gasteiger partial charge in [0, 0.05) is 24.0 Å². The molecule has 0 aromatic heterocycles. The van der Waals surface area contributed by atoms with Crippen molar-refractivity contribution in [3.05, 3.63) is 77.0 Å². The summed E-state index contributed by atoms with van der Waals surface area (Å²) >= 11 is 0. The van der Waals surface area contributed by atoms with Crippen molar-refractivity contribution in [1.82, 2.24) is 5.32 Å². The molecule has 2 aromatic rings. The molecule has 0 aliphatic heterocycles. The van der Waals surface area contributed by atoms with E-state index in [0.717, 1.165) is 23.3 Å². The minimum atomic E-state index is -4.44. The number of hydrogen-bond acceptors (Lipinski definition) is 2. The van der Waals surface area contributed by atoms with Crippen molar-refractivity contribution in [2.45, 2.75) is 26.6 Å². The van der Waals surface area contributed by atoms with Crippen LogP contribution in [0.5, 0.6) is 0 Å². The van der Waals surface area contributed by atoms with Crippen molar-refractivity contribution < 1.29 is 18.0 Å². The molecular formula is C19H19F3N2O. The molecule has 0 saturated carbocycles. The number of hydrogen-bond donors (Lipinski definition) is 2. The van der Waals surface area contributed by atoms with Gasteiger partial charge in [-0.25, -0.2) is 0 Å². The predicted octanol–water partition coefficient (Wildman–Crippen LogP) is 4.65. The number of alkyl halides is 3. The number of halogens is 3. The molecule has 6 heteroatoms. The Kier molecular flexibility index (Phi) is 5.85. The van der Waals surface area contributed by atoms with Crippen molar-refractivity contribution in [1.29, 1.82) is 0 Å². The molecule has 0 heterocycles. The summed E-state index contributed by atoms with van der Waals surface area (Å²) in [5.74, 6) is -0.492. The molecule has 3 nitrogen and oxygen atoms in total. The first kappa shape index (κ1) is 18.6. The number of amides is 1. The summed E-state index contributed by atoms with van der Waals surface area (Å²) in [4.78, 5) is 11.9. The minimum absolute atomic E-state index is 0.0995. The summed E-state index contributed by atoms with van der Waals surface area (Å²) in [5, 5.41) is 5.53. The van der Waals surface area contributed by atoms with E-state index in [9.17, 15) is 18.0 Å². The number of rotatable bonds is 5. The fourth-order valence-electron chi connectivity index (χ4n) is 2.15. The van der Waals surface area contributed by atoms with E-state index in [1.165, 1.54) is 18.2 Å². The van der Waals surface area contributed by atoms with Gasteiger partial charge in [0.1, 0.15) is 0 Å². The second-order valence-electron chi connectivity index (χ2n) is 5.73. The lowest BCUT2D eigenvalue weighted by atomic mass is 10.1. The Morgan fingerprint density at radius 1 is 1.12 bits per heavy atom. The smallest absolute Gasteiger partial charge is 0.384 e. The lowest BCUT2D eigenvalue weighted by Crippen LogP contribution is -2.15. The Morgan fingerprint density at radius 3 is 2.44 bits per heavy atom. The molecule has 0 radical (unpaired) electrons. The lowest BCUT2D eigenvalue weighted by molar-refractivity contribution is -0.137. The highest BCUT2D eigenvalue weighted by Crippen LogP contribution is 2.30. The van der Waals surface area contributed by atoms with Gasteiger partial charge in [0.25, 0.3) is 0 Å². The van der Waals surface area contributed by atoms with E-state index in [4.69, 9.17) is 0 Å². The van der Waals surface area contributed by atoms with Crippen LogP contribution in [-0.2, 0) is 17.5 Å². The monoisotopic (exact) mass is 348 g/mol. The fraction of sp³-hybridized carbons (Fsp3) is 0.211. The Balaban J connectivity index is 1.94. The number of benzene rings is 2. The largest absolute Gasteiger partial charge is 0.416 e. The molecule has 2 aromatic carbocycles. The number of nitrogens with one attached hydrogen (secondary N) is 2. The van der Waals surface area contributed by atoms with Crippen LogP contribution in [0.1, 0.15) is 23.6 Å². The Morgan fingerprint density at radius 2 is 1.80 bits per heavy atom. The topological polar surface area (TPSA) is 41.1 Å². The van der Waals surface area contributed by atoms with E-state index < -0.39 is 17.6 Å². The van der Waals surface area contributed by atoms with Crippen molar-refractivity contribution in [3.63, 3.8) is 0 Å². The van der Waals surface area contributed by atoms with Gasteiger partial charge in [-0.15, -0.1) is 0 Å². The zero-order valence-electron chi connectivity index (χ0n) is 13.9. The molecule has 0 bridgehead atoms. The van der Waals surface area contributed by atoms with Crippen LogP contribution in [0.15, 0.2) is 60.3 Å². The van der Waals surface area contributed by atoms with Gasteiger partial charge in [0.2, 0.25) is 5.91 Å². The van der Waals surface area contributed by atoms with Crippen LogP contribution in [0.25, 0.3) is 0 Å². The van der Waals surface area contributed by atoms with Crippen LogP contribution in [0.4, 0.5) is 18.9 Å². The van der Waals surface area contributed by atoms with Crippen molar-refractivity contribution in [2.75, 3.05) is 5.32 Å². The molecule has 2 rings (SSSR count). The maximum absolute atomic E-state index is 12.7. The maximum atomic E-state index is 12.7. The first-order chi connectivity index (χ1) is 11.7. The van der Waals surface area contributed by atoms with Gasteiger partial charge in [-0.1, -0.05) is 35.9 Å². The zero-order valence-corrected chi connectivity index (χ0v) is 13.9. The quantitative estimate of drug-likeness (QED) is 0.773. The van der Waals surface area contributed by atoms with E-state index in [-0.39, 0.29) is 5.69 Å². The van der Waals surface area contributed by atoms with Crippen LogP contribution in [-0.4, -0.2) is 5.91 Å². The van der Waals surface area contributed by atoms with Gasteiger partial charge in [0.15, 0.2) is 0 Å². The maximum Gasteiger partial charge on any atom is 0.416 e. The van der Waals surface area contributed by atoms with Crippen molar-refractivity contribution in [2.24, 2.45) is 0 Å². The van der Waals surface area contributed by atoms with Crippen LogP contribution in [0, 0.1) is 6.92 Å². The summed E-state index contributed by atoms with van der Waals surface area (Å²) in [5.41, 5.74) is 2.14. The predicted molar refractivity (Wildman–Crippen MR) is 91.8 cm³/mol. The second kappa shape index (κ2) is 7.88. The van der Waals surface area contributed by atoms with Crippen molar-refractivity contribution >= 4 is 11.6 Å². The number of anilines is 1. The molecule has 0 atom stereocenters. The third-order valence-electron chi connectivity index (χ3n) is 3.50. The molecule has 2 N–H and O–H groups in total. The lowest BCUT2D eigenvalue weighted by Gasteiger charge is -2.10. The SMILES string of the molecule is C/C(=C/C(=O)Nc1cccc(C(F)(F)F)c1)NCc1ccc(C)cc1. The van der Waals surface area contributed by atoms with Crippen molar-refractivity contribution in [3.8, 4) is 0 Å². The molecule has 1 amide bonds. The fourth-order valence-corrected chi connectivity index (χ4v) is 2.15. The average Bonchev–Trinajstić information content (AvgIpc) is 2.53. The zero-order chi connectivity index (χ0) is 18.4. The van der Waals surface area contributed by atoms with Gasteiger partial charge < -0.3 is 10.6 Å². The van der Waals surface area contributed by atoms with E-state index in [1.807, 2.05) is 31.2 Å².